The predicted molar refractivity (Wildman–Crippen MR) is 71.5 cm³/mol. The summed E-state index contributed by atoms with van der Waals surface area (Å²) < 4.78 is 32.0. The van der Waals surface area contributed by atoms with Crippen LogP contribution >= 0.6 is 0 Å². The van der Waals surface area contributed by atoms with Crippen LogP contribution < -0.4 is 10.5 Å². The van der Waals surface area contributed by atoms with E-state index in [-0.39, 0.29) is 12.0 Å². The van der Waals surface area contributed by atoms with Gasteiger partial charge in [-0.2, -0.15) is 4.31 Å². The van der Waals surface area contributed by atoms with Gasteiger partial charge in [0.05, 0.1) is 11.5 Å². The highest BCUT2D eigenvalue weighted by Crippen LogP contribution is 2.30. The molecule has 0 spiro atoms. The van der Waals surface area contributed by atoms with E-state index in [1.807, 2.05) is 6.92 Å². The van der Waals surface area contributed by atoms with Crippen LogP contribution in [0.1, 0.15) is 12.5 Å². The van der Waals surface area contributed by atoms with Gasteiger partial charge in [-0.25, -0.2) is 8.42 Å². The molecular formula is C13H18N2O3S. The zero-order valence-corrected chi connectivity index (χ0v) is 11.7. The largest absolute Gasteiger partial charge is 0.493 e. The van der Waals surface area contributed by atoms with Crippen LogP contribution in [-0.4, -0.2) is 38.5 Å². The van der Waals surface area contributed by atoms with Crippen molar-refractivity contribution in [1.82, 2.24) is 4.31 Å². The van der Waals surface area contributed by atoms with Gasteiger partial charge in [-0.15, -0.1) is 0 Å². The Balaban J connectivity index is 1.93. The molecule has 6 heteroatoms. The molecule has 104 valence electrons. The number of hydrogen-bond donors (Lipinski definition) is 1. The summed E-state index contributed by atoms with van der Waals surface area (Å²) in [5.74, 6) is 0.998. The quantitative estimate of drug-likeness (QED) is 0.861. The predicted octanol–water partition coefficient (Wildman–Crippen LogP) is 0.589. The number of rotatable bonds is 2. The van der Waals surface area contributed by atoms with Crippen molar-refractivity contribution in [3.63, 3.8) is 0 Å². The van der Waals surface area contributed by atoms with Crippen LogP contribution in [-0.2, 0) is 16.4 Å². The van der Waals surface area contributed by atoms with E-state index in [1.165, 1.54) is 4.31 Å². The molecule has 2 aliphatic heterocycles. The molecule has 5 nitrogen and oxygen atoms in total. The molecule has 1 saturated heterocycles. The summed E-state index contributed by atoms with van der Waals surface area (Å²) in [6.07, 6.45) is 0.772. The SMILES string of the molecule is CC1CN(S(=O)(=O)c2ccc3c(c2)CCO3)CC1N. The highest BCUT2D eigenvalue weighted by atomic mass is 32.2. The molecule has 2 aliphatic rings. The lowest BCUT2D eigenvalue weighted by molar-refractivity contribution is 0.356. The van der Waals surface area contributed by atoms with Gasteiger partial charge in [0.1, 0.15) is 5.75 Å². The van der Waals surface area contributed by atoms with Crippen LogP contribution in [0.15, 0.2) is 23.1 Å². The van der Waals surface area contributed by atoms with E-state index in [4.69, 9.17) is 10.5 Å². The van der Waals surface area contributed by atoms with Crippen molar-refractivity contribution in [2.45, 2.75) is 24.3 Å². The second-order valence-electron chi connectivity index (χ2n) is 5.33. The third kappa shape index (κ3) is 2.13. The molecule has 0 bridgehead atoms. The summed E-state index contributed by atoms with van der Waals surface area (Å²) in [4.78, 5) is 0.345. The summed E-state index contributed by atoms with van der Waals surface area (Å²) in [5, 5.41) is 0. The van der Waals surface area contributed by atoms with E-state index in [0.29, 0.717) is 24.6 Å². The van der Waals surface area contributed by atoms with Crippen LogP contribution in [0.2, 0.25) is 0 Å². The van der Waals surface area contributed by atoms with Gasteiger partial charge in [-0.3, -0.25) is 0 Å². The zero-order chi connectivity index (χ0) is 13.6. The average molecular weight is 282 g/mol. The second-order valence-corrected chi connectivity index (χ2v) is 7.27. The fourth-order valence-electron chi connectivity index (χ4n) is 2.61. The lowest BCUT2D eigenvalue weighted by atomic mass is 10.1. The molecule has 1 aromatic rings. The van der Waals surface area contributed by atoms with Crippen LogP contribution in [0.4, 0.5) is 0 Å². The molecule has 0 aromatic heterocycles. The summed E-state index contributed by atoms with van der Waals surface area (Å²) in [7, 11) is -3.43. The Morgan fingerprint density at radius 2 is 2.16 bits per heavy atom. The molecule has 1 fully saturated rings. The number of nitrogens with two attached hydrogens (primary N) is 1. The lowest BCUT2D eigenvalue weighted by Crippen LogP contribution is -2.32. The van der Waals surface area contributed by atoms with Crippen LogP contribution in [0, 0.1) is 5.92 Å². The van der Waals surface area contributed by atoms with Crippen molar-refractivity contribution >= 4 is 10.0 Å². The fourth-order valence-corrected chi connectivity index (χ4v) is 4.24. The molecule has 2 N–H and O–H groups in total. The summed E-state index contributed by atoms with van der Waals surface area (Å²) in [5.41, 5.74) is 6.88. The van der Waals surface area contributed by atoms with Gasteiger partial charge in [0.15, 0.2) is 0 Å². The fraction of sp³-hybridized carbons (Fsp3) is 0.538. The standard InChI is InChI=1S/C13H18N2O3S/c1-9-7-15(8-12(9)14)19(16,17)11-2-3-13-10(6-11)4-5-18-13/h2-3,6,9,12H,4-5,7-8,14H2,1H3. The third-order valence-electron chi connectivity index (χ3n) is 3.94. The number of fused-ring (bicyclic) bond motifs is 1. The van der Waals surface area contributed by atoms with Gasteiger partial charge in [-0.1, -0.05) is 6.92 Å². The molecule has 0 saturated carbocycles. The molecule has 1 aromatic carbocycles. The number of benzene rings is 1. The minimum absolute atomic E-state index is 0.0764. The normalized spacial score (nSPS) is 27.3. The maximum Gasteiger partial charge on any atom is 0.243 e. The minimum Gasteiger partial charge on any atom is -0.493 e. The minimum atomic E-state index is -3.43. The second kappa shape index (κ2) is 4.47. The molecule has 0 radical (unpaired) electrons. The molecular weight excluding hydrogens is 264 g/mol. The van der Waals surface area contributed by atoms with Gasteiger partial charge < -0.3 is 10.5 Å². The molecule has 19 heavy (non-hydrogen) atoms. The maximum absolute atomic E-state index is 12.6. The average Bonchev–Trinajstić information content (AvgIpc) is 2.96. The van der Waals surface area contributed by atoms with Crippen molar-refractivity contribution in [1.29, 1.82) is 0 Å². The Morgan fingerprint density at radius 3 is 2.84 bits per heavy atom. The van der Waals surface area contributed by atoms with Gasteiger partial charge in [0, 0.05) is 25.6 Å². The molecule has 3 rings (SSSR count). The topological polar surface area (TPSA) is 72.6 Å². The van der Waals surface area contributed by atoms with Crippen molar-refractivity contribution in [3.05, 3.63) is 23.8 Å². The number of hydrogen-bond acceptors (Lipinski definition) is 4. The smallest absolute Gasteiger partial charge is 0.243 e. The molecule has 2 atom stereocenters. The first-order valence-corrected chi connectivity index (χ1v) is 7.94. The van der Waals surface area contributed by atoms with Crippen LogP contribution in [0.5, 0.6) is 5.75 Å². The van der Waals surface area contributed by atoms with E-state index in [2.05, 4.69) is 0 Å². The van der Waals surface area contributed by atoms with Crippen molar-refractivity contribution in [2.75, 3.05) is 19.7 Å². The first-order valence-electron chi connectivity index (χ1n) is 6.50. The molecule has 0 aliphatic carbocycles. The van der Waals surface area contributed by atoms with E-state index in [1.54, 1.807) is 18.2 Å². The zero-order valence-electron chi connectivity index (χ0n) is 10.9. The van der Waals surface area contributed by atoms with Crippen LogP contribution in [0.3, 0.4) is 0 Å². The highest BCUT2D eigenvalue weighted by Gasteiger charge is 2.35. The van der Waals surface area contributed by atoms with Crippen molar-refractivity contribution < 1.29 is 13.2 Å². The Bertz CT molecular complexity index is 590. The van der Waals surface area contributed by atoms with E-state index < -0.39 is 10.0 Å². The lowest BCUT2D eigenvalue weighted by Gasteiger charge is -2.16. The van der Waals surface area contributed by atoms with Crippen LogP contribution in [0.25, 0.3) is 0 Å². The van der Waals surface area contributed by atoms with Crippen molar-refractivity contribution in [3.8, 4) is 5.75 Å². The highest BCUT2D eigenvalue weighted by molar-refractivity contribution is 7.89. The number of nitrogens with zero attached hydrogens (tertiary/aromatic N) is 1. The summed E-state index contributed by atoms with van der Waals surface area (Å²) in [6, 6.07) is 5.02. The van der Waals surface area contributed by atoms with E-state index in [9.17, 15) is 8.42 Å². The van der Waals surface area contributed by atoms with E-state index >= 15 is 0 Å². The number of ether oxygens (including phenoxy) is 1. The summed E-state index contributed by atoms with van der Waals surface area (Å²) in [6.45, 7) is 3.51. The third-order valence-corrected chi connectivity index (χ3v) is 5.76. The van der Waals surface area contributed by atoms with Gasteiger partial charge in [0.2, 0.25) is 10.0 Å². The first-order chi connectivity index (χ1) is 8.98. The Morgan fingerprint density at radius 1 is 1.37 bits per heavy atom. The van der Waals surface area contributed by atoms with Gasteiger partial charge >= 0.3 is 0 Å². The molecule has 2 unspecified atom stereocenters. The van der Waals surface area contributed by atoms with Gasteiger partial charge in [-0.05, 0) is 29.7 Å². The van der Waals surface area contributed by atoms with Crippen molar-refractivity contribution in [2.24, 2.45) is 11.7 Å². The van der Waals surface area contributed by atoms with E-state index in [0.717, 1.165) is 17.7 Å². The monoisotopic (exact) mass is 282 g/mol. The Kier molecular flexibility index (Phi) is 3.03. The molecule has 2 heterocycles. The van der Waals surface area contributed by atoms with Gasteiger partial charge in [0.25, 0.3) is 0 Å². The Labute approximate surface area is 113 Å². The Hall–Kier alpha value is -1.11. The number of sulfonamides is 1. The maximum atomic E-state index is 12.6. The summed E-state index contributed by atoms with van der Waals surface area (Å²) >= 11 is 0. The molecule has 0 amide bonds. The first kappa shape index (κ1) is 12.9.